The van der Waals surface area contributed by atoms with Gasteiger partial charge in [0.15, 0.2) is 0 Å². The highest BCUT2D eigenvalue weighted by Crippen LogP contribution is 2.33. The van der Waals surface area contributed by atoms with Crippen LogP contribution in [0.25, 0.3) is 0 Å². The molecule has 0 N–H and O–H groups in total. The first kappa shape index (κ1) is 15.2. The summed E-state index contributed by atoms with van der Waals surface area (Å²) in [4.78, 5) is 5.77. The summed E-state index contributed by atoms with van der Waals surface area (Å²) in [5, 5.41) is 9.53. The standard InChI is InChI=1S/C16H23N3S/c1-5-20-16-8-6-7-14(13(16)9-17)19-10-12(2)15(11-19)18(3)4/h6-8,12,15H,5,10-11H2,1-4H3. The molecule has 1 aromatic carbocycles. The number of anilines is 1. The zero-order chi connectivity index (χ0) is 14.7. The minimum absolute atomic E-state index is 0.559. The van der Waals surface area contributed by atoms with Gasteiger partial charge < -0.3 is 9.80 Å². The van der Waals surface area contributed by atoms with Crippen LogP contribution in [-0.2, 0) is 0 Å². The zero-order valence-electron chi connectivity index (χ0n) is 12.8. The highest BCUT2D eigenvalue weighted by molar-refractivity contribution is 7.99. The predicted molar refractivity (Wildman–Crippen MR) is 86.4 cm³/mol. The van der Waals surface area contributed by atoms with E-state index < -0.39 is 0 Å². The van der Waals surface area contributed by atoms with Crippen LogP contribution in [0.2, 0.25) is 0 Å². The number of hydrogen-bond acceptors (Lipinski definition) is 4. The molecule has 3 nitrogen and oxygen atoms in total. The molecule has 1 heterocycles. The smallest absolute Gasteiger partial charge is 0.103 e. The van der Waals surface area contributed by atoms with Gasteiger partial charge in [-0.1, -0.05) is 19.9 Å². The maximum absolute atomic E-state index is 9.53. The molecule has 108 valence electrons. The Bertz CT molecular complexity index is 507. The summed E-state index contributed by atoms with van der Waals surface area (Å²) in [6, 6.07) is 9.18. The molecular weight excluding hydrogens is 266 g/mol. The van der Waals surface area contributed by atoms with Crippen molar-refractivity contribution in [2.24, 2.45) is 5.92 Å². The SMILES string of the molecule is CCSc1cccc(N2CC(C)C(N(C)C)C2)c1C#N. The van der Waals surface area contributed by atoms with Crippen molar-refractivity contribution in [3.8, 4) is 6.07 Å². The van der Waals surface area contributed by atoms with Crippen molar-refractivity contribution in [2.75, 3.05) is 37.8 Å². The molecule has 0 radical (unpaired) electrons. The molecule has 2 unspecified atom stereocenters. The summed E-state index contributed by atoms with van der Waals surface area (Å²) in [6.07, 6.45) is 0. The monoisotopic (exact) mass is 289 g/mol. The van der Waals surface area contributed by atoms with E-state index in [1.165, 1.54) is 0 Å². The van der Waals surface area contributed by atoms with E-state index >= 15 is 0 Å². The van der Waals surface area contributed by atoms with E-state index in [0.717, 1.165) is 35.0 Å². The van der Waals surface area contributed by atoms with Crippen molar-refractivity contribution < 1.29 is 0 Å². The quantitative estimate of drug-likeness (QED) is 0.797. The average molecular weight is 289 g/mol. The van der Waals surface area contributed by atoms with Gasteiger partial charge in [-0.25, -0.2) is 0 Å². The number of benzene rings is 1. The van der Waals surface area contributed by atoms with Gasteiger partial charge in [0.05, 0.1) is 11.3 Å². The molecule has 2 rings (SSSR count). The molecule has 1 aromatic rings. The fraction of sp³-hybridized carbons (Fsp3) is 0.562. The Balaban J connectivity index is 2.30. The Hall–Kier alpha value is -1.18. The average Bonchev–Trinajstić information content (AvgIpc) is 2.81. The van der Waals surface area contributed by atoms with Crippen LogP contribution < -0.4 is 4.90 Å². The van der Waals surface area contributed by atoms with Gasteiger partial charge in [0.2, 0.25) is 0 Å². The van der Waals surface area contributed by atoms with Gasteiger partial charge in [0, 0.05) is 24.0 Å². The predicted octanol–water partition coefficient (Wildman–Crippen LogP) is 3.06. The highest BCUT2D eigenvalue weighted by Gasteiger charge is 2.32. The molecule has 4 heteroatoms. The summed E-state index contributed by atoms with van der Waals surface area (Å²) >= 11 is 1.75. The first-order chi connectivity index (χ1) is 9.58. The lowest BCUT2D eigenvalue weighted by atomic mass is 10.1. The van der Waals surface area contributed by atoms with Crippen LogP contribution in [-0.4, -0.2) is 43.9 Å². The molecular formula is C16H23N3S. The van der Waals surface area contributed by atoms with E-state index in [2.05, 4.69) is 62.0 Å². The second-order valence-electron chi connectivity index (χ2n) is 5.61. The van der Waals surface area contributed by atoms with E-state index in [4.69, 9.17) is 0 Å². The van der Waals surface area contributed by atoms with Crippen molar-refractivity contribution in [3.63, 3.8) is 0 Å². The van der Waals surface area contributed by atoms with Crippen LogP contribution in [0, 0.1) is 17.2 Å². The Labute approximate surface area is 126 Å². The van der Waals surface area contributed by atoms with Crippen LogP contribution in [0.3, 0.4) is 0 Å². The number of hydrogen-bond donors (Lipinski definition) is 0. The van der Waals surface area contributed by atoms with Crippen LogP contribution >= 0.6 is 11.8 Å². The first-order valence-electron chi connectivity index (χ1n) is 7.15. The number of nitriles is 1. The molecule has 0 amide bonds. The molecule has 1 aliphatic rings. The number of nitrogens with zero attached hydrogens (tertiary/aromatic N) is 3. The molecule has 0 aliphatic carbocycles. The lowest BCUT2D eigenvalue weighted by Gasteiger charge is -2.23. The molecule has 1 aliphatic heterocycles. The third-order valence-corrected chi connectivity index (χ3v) is 4.93. The van der Waals surface area contributed by atoms with Gasteiger partial charge in [0.1, 0.15) is 6.07 Å². The van der Waals surface area contributed by atoms with Crippen molar-refractivity contribution in [1.82, 2.24) is 4.90 Å². The van der Waals surface area contributed by atoms with E-state index in [0.29, 0.717) is 12.0 Å². The third-order valence-electron chi connectivity index (χ3n) is 3.99. The number of rotatable bonds is 4. The normalized spacial score (nSPS) is 22.3. The molecule has 2 atom stereocenters. The maximum atomic E-state index is 9.53. The maximum Gasteiger partial charge on any atom is 0.103 e. The summed E-state index contributed by atoms with van der Waals surface area (Å²) in [5.41, 5.74) is 1.94. The minimum Gasteiger partial charge on any atom is -0.369 e. The van der Waals surface area contributed by atoms with E-state index in [9.17, 15) is 5.26 Å². The van der Waals surface area contributed by atoms with Crippen molar-refractivity contribution in [1.29, 1.82) is 5.26 Å². The highest BCUT2D eigenvalue weighted by atomic mass is 32.2. The molecule has 20 heavy (non-hydrogen) atoms. The number of likely N-dealkylation sites (N-methyl/N-ethyl adjacent to an activating group) is 1. The Morgan fingerprint density at radius 3 is 2.70 bits per heavy atom. The number of thioether (sulfide) groups is 1. The summed E-state index contributed by atoms with van der Waals surface area (Å²) in [7, 11) is 4.28. The molecule has 0 aromatic heterocycles. The topological polar surface area (TPSA) is 30.3 Å². The van der Waals surface area contributed by atoms with E-state index in [1.807, 2.05) is 0 Å². The third kappa shape index (κ3) is 2.94. The largest absolute Gasteiger partial charge is 0.369 e. The van der Waals surface area contributed by atoms with Crippen molar-refractivity contribution in [2.45, 2.75) is 24.8 Å². The zero-order valence-corrected chi connectivity index (χ0v) is 13.6. The van der Waals surface area contributed by atoms with E-state index in [-0.39, 0.29) is 0 Å². The first-order valence-corrected chi connectivity index (χ1v) is 8.14. The van der Waals surface area contributed by atoms with Crippen molar-refractivity contribution >= 4 is 17.4 Å². The van der Waals surface area contributed by atoms with Gasteiger partial charge in [0.25, 0.3) is 0 Å². The van der Waals surface area contributed by atoms with Crippen LogP contribution in [0.5, 0.6) is 0 Å². The molecule has 0 bridgehead atoms. The summed E-state index contributed by atoms with van der Waals surface area (Å²) in [5.74, 6) is 1.62. The fourth-order valence-electron chi connectivity index (χ4n) is 2.99. The minimum atomic E-state index is 0.559. The Kier molecular flexibility index (Phi) is 4.95. The molecule has 0 spiro atoms. The van der Waals surface area contributed by atoms with Crippen molar-refractivity contribution in [3.05, 3.63) is 23.8 Å². The lowest BCUT2D eigenvalue weighted by Crippen LogP contribution is -2.34. The van der Waals surface area contributed by atoms with E-state index in [1.54, 1.807) is 11.8 Å². The summed E-state index contributed by atoms with van der Waals surface area (Å²) < 4.78 is 0. The second kappa shape index (κ2) is 6.51. The lowest BCUT2D eigenvalue weighted by molar-refractivity contribution is 0.266. The Morgan fingerprint density at radius 1 is 1.40 bits per heavy atom. The van der Waals surface area contributed by atoms with Gasteiger partial charge >= 0.3 is 0 Å². The molecule has 0 saturated carbocycles. The van der Waals surface area contributed by atoms with Crippen LogP contribution in [0.4, 0.5) is 5.69 Å². The summed E-state index contributed by atoms with van der Waals surface area (Å²) in [6.45, 7) is 6.45. The molecule has 1 saturated heterocycles. The van der Waals surface area contributed by atoms with Gasteiger partial charge in [-0.15, -0.1) is 11.8 Å². The fourth-order valence-corrected chi connectivity index (χ4v) is 3.77. The van der Waals surface area contributed by atoms with Gasteiger partial charge in [-0.2, -0.15) is 5.26 Å². The Morgan fingerprint density at radius 2 is 2.15 bits per heavy atom. The van der Waals surface area contributed by atoms with Crippen LogP contribution in [0.1, 0.15) is 19.4 Å². The van der Waals surface area contributed by atoms with Gasteiger partial charge in [-0.3, -0.25) is 0 Å². The van der Waals surface area contributed by atoms with Crippen LogP contribution in [0.15, 0.2) is 23.1 Å². The molecule has 1 fully saturated rings. The second-order valence-corrected chi connectivity index (χ2v) is 6.91. The van der Waals surface area contributed by atoms with Gasteiger partial charge in [-0.05, 0) is 37.9 Å².